The highest BCUT2D eigenvalue weighted by Crippen LogP contribution is 2.18. The molecule has 0 radical (unpaired) electrons. The standard InChI is InChI=1S/C13H16FNO2S/c1-17-13(16)11-3-2-9(6-12(11)14)7-15-10-4-5-18-8-10/h2-3,6,10,15H,4-5,7-8H2,1H3. The maximum absolute atomic E-state index is 13.7. The zero-order valence-electron chi connectivity index (χ0n) is 10.2. The van der Waals surface area contributed by atoms with E-state index in [-0.39, 0.29) is 5.56 Å². The number of ether oxygens (including phenoxy) is 1. The summed E-state index contributed by atoms with van der Waals surface area (Å²) >= 11 is 1.93. The summed E-state index contributed by atoms with van der Waals surface area (Å²) in [5.41, 5.74) is 0.828. The minimum Gasteiger partial charge on any atom is -0.465 e. The fourth-order valence-electron chi connectivity index (χ4n) is 1.90. The average Bonchev–Trinajstić information content (AvgIpc) is 2.88. The van der Waals surface area contributed by atoms with Crippen molar-refractivity contribution >= 4 is 17.7 Å². The van der Waals surface area contributed by atoms with Gasteiger partial charge in [-0.1, -0.05) is 6.07 Å². The van der Waals surface area contributed by atoms with Crippen LogP contribution in [0.1, 0.15) is 22.3 Å². The molecule has 0 bridgehead atoms. The molecule has 0 aliphatic carbocycles. The highest BCUT2D eigenvalue weighted by atomic mass is 32.2. The molecular formula is C13H16FNO2S. The Morgan fingerprint density at radius 1 is 1.61 bits per heavy atom. The molecule has 1 N–H and O–H groups in total. The monoisotopic (exact) mass is 269 g/mol. The van der Waals surface area contributed by atoms with Crippen LogP contribution in [0.2, 0.25) is 0 Å². The second-order valence-corrected chi connectivity index (χ2v) is 5.40. The van der Waals surface area contributed by atoms with Gasteiger partial charge in [-0.05, 0) is 29.9 Å². The van der Waals surface area contributed by atoms with Crippen LogP contribution in [0.25, 0.3) is 0 Å². The minimum absolute atomic E-state index is 0.0160. The molecule has 1 aromatic carbocycles. The quantitative estimate of drug-likeness (QED) is 0.851. The molecule has 2 rings (SSSR count). The number of benzene rings is 1. The van der Waals surface area contributed by atoms with E-state index in [0.717, 1.165) is 17.7 Å². The van der Waals surface area contributed by atoms with Crippen LogP contribution in [-0.4, -0.2) is 30.6 Å². The SMILES string of the molecule is COC(=O)c1ccc(CNC2CCSC2)cc1F. The summed E-state index contributed by atoms with van der Waals surface area (Å²) in [5.74, 6) is 1.14. The molecule has 18 heavy (non-hydrogen) atoms. The van der Waals surface area contributed by atoms with Crippen molar-refractivity contribution in [1.29, 1.82) is 0 Å². The molecule has 1 aliphatic heterocycles. The third kappa shape index (κ3) is 3.23. The molecule has 0 spiro atoms. The Morgan fingerprint density at radius 3 is 3.06 bits per heavy atom. The first-order valence-electron chi connectivity index (χ1n) is 5.88. The van der Waals surface area contributed by atoms with Crippen molar-refractivity contribution in [2.75, 3.05) is 18.6 Å². The van der Waals surface area contributed by atoms with Gasteiger partial charge in [-0.3, -0.25) is 0 Å². The average molecular weight is 269 g/mol. The Kier molecular flexibility index (Phi) is 4.60. The van der Waals surface area contributed by atoms with Crippen molar-refractivity contribution < 1.29 is 13.9 Å². The van der Waals surface area contributed by atoms with E-state index in [2.05, 4.69) is 10.1 Å². The van der Waals surface area contributed by atoms with Crippen LogP contribution in [0.4, 0.5) is 4.39 Å². The van der Waals surface area contributed by atoms with Crippen LogP contribution in [0.15, 0.2) is 18.2 Å². The van der Waals surface area contributed by atoms with E-state index in [1.165, 1.54) is 25.0 Å². The van der Waals surface area contributed by atoms with Gasteiger partial charge < -0.3 is 10.1 Å². The lowest BCUT2D eigenvalue weighted by Gasteiger charge is -2.11. The van der Waals surface area contributed by atoms with Crippen molar-refractivity contribution in [3.63, 3.8) is 0 Å². The molecule has 1 atom stereocenters. The summed E-state index contributed by atoms with van der Waals surface area (Å²) in [5, 5.41) is 3.38. The Hall–Kier alpha value is -1.07. The Balaban J connectivity index is 1.97. The number of halogens is 1. The van der Waals surface area contributed by atoms with Crippen molar-refractivity contribution in [2.45, 2.75) is 19.0 Å². The fraction of sp³-hybridized carbons (Fsp3) is 0.462. The summed E-state index contributed by atoms with van der Waals surface area (Å²) in [6.07, 6.45) is 1.16. The van der Waals surface area contributed by atoms with Crippen molar-refractivity contribution in [3.8, 4) is 0 Å². The lowest BCUT2D eigenvalue weighted by Crippen LogP contribution is -2.28. The molecule has 1 heterocycles. The van der Waals surface area contributed by atoms with Gasteiger partial charge in [0.2, 0.25) is 0 Å². The lowest BCUT2D eigenvalue weighted by molar-refractivity contribution is 0.0595. The smallest absolute Gasteiger partial charge is 0.340 e. The van der Waals surface area contributed by atoms with E-state index in [4.69, 9.17) is 0 Å². The Morgan fingerprint density at radius 2 is 2.44 bits per heavy atom. The number of hydrogen-bond acceptors (Lipinski definition) is 4. The largest absolute Gasteiger partial charge is 0.465 e. The first kappa shape index (κ1) is 13.4. The normalized spacial score (nSPS) is 18.9. The Bertz CT molecular complexity index is 433. The number of thioether (sulfide) groups is 1. The number of carbonyl (C=O) groups is 1. The third-order valence-corrected chi connectivity index (χ3v) is 4.13. The lowest BCUT2D eigenvalue weighted by atomic mass is 10.1. The van der Waals surface area contributed by atoms with Crippen LogP contribution in [0.3, 0.4) is 0 Å². The second kappa shape index (κ2) is 6.20. The van der Waals surface area contributed by atoms with Gasteiger partial charge in [0.1, 0.15) is 5.82 Å². The number of nitrogens with one attached hydrogen (secondary N) is 1. The molecule has 1 aromatic rings. The predicted molar refractivity (Wildman–Crippen MR) is 70.3 cm³/mol. The van der Waals surface area contributed by atoms with Gasteiger partial charge in [-0.15, -0.1) is 0 Å². The second-order valence-electron chi connectivity index (χ2n) is 4.25. The van der Waals surface area contributed by atoms with Gasteiger partial charge in [-0.25, -0.2) is 9.18 Å². The van der Waals surface area contributed by atoms with Crippen LogP contribution in [0.5, 0.6) is 0 Å². The van der Waals surface area contributed by atoms with Gasteiger partial charge in [0, 0.05) is 18.3 Å². The van der Waals surface area contributed by atoms with E-state index in [0.29, 0.717) is 12.6 Å². The third-order valence-electron chi connectivity index (χ3n) is 2.96. The molecule has 5 heteroatoms. The maximum Gasteiger partial charge on any atom is 0.340 e. The zero-order chi connectivity index (χ0) is 13.0. The van der Waals surface area contributed by atoms with Gasteiger partial charge in [0.05, 0.1) is 12.7 Å². The number of esters is 1. The molecule has 98 valence electrons. The number of rotatable bonds is 4. The highest BCUT2D eigenvalue weighted by molar-refractivity contribution is 7.99. The molecule has 1 fully saturated rings. The molecular weight excluding hydrogens is 253 g/mol. The molecule has 0 aromatic heterocycles. The van der Waals surface area contributed by atoms with E-state index in [1.807, 2.05) is 11.8 Å². The Labute approximate surface area is 110 Å². The summed E-state index contributed by atoms with van der Waals surface area (Å²) in [7, 11) is 1.25. The molecule has 0 amide bonds. The molecule has 0 saturated carbocycles. The summed E-state index contributed by atoms with van der Waals surface area (Å²) in [6, 6.07) is 5.13. The van der Waals surface area contributed by atoms with E-state index < -0.39 is 11.8 Å². The highest BCUT2D eigenvalue weighted by Gasteiger charge is 2.15. The summed E-state index contributed by atoms with van der Waals surface area (Å²) in [4.78, 5) is 11.2. The maximum atomic E-state index is 13.7. The molecule has 1 aliphatic rings. The van der Waals surface area contributed by atoms with Crippen LogP contribution in [0, 0.1) is 5.82 Å². The first-order chi connectivity index (χ1) is 8.70. The summed E-state index contributed by atoms with van der Waals surface area (Å²) in [6.45, 7) is 0.629. The van der Waals surface area contributed by atoms with Crippen LogP contribution >= 0.6 is 11.8 Å². The first-order valence-corrected chi connectivity index (χ1v) is 7.04. The minimum atomic E-state index is -0.640. The predicted octanol–water partition coefficient (Wildman–Crippen LogP) is 2.21. The van der Waals surface area contributed by atoms with Crippen molar-refractivity contribution in [3.05, 3.63) is 35.1 Å². The van der Waals surface area contributed by atoms with Crippen molar-refractivity contribution in [2.24, 2.45) is 0 Å². The van der Waals surface area contributed by atoms with Crippen molar-refractivity contribution in [1.82, 2.24) is 5.32 Å². The van der Waals surface area contributed by atoms with Crippen LogP contribution < -0.4 is 5.32 Å². The fourth-order valence-corrected chi connectivity index (χ4v) is 3.09. The molecule has 1 unspecified atom stereocenters. The van der Waals surface area contributed by atoms with Gasteiger partial charge in [-0.2, -0.15) is 11.8 Å². The van der Waals surface area contributed by atoms with E-state index in [9.17, 15) is 9.18 Å². The van der Waals surface area contributed by atoms with E-state index in [1.54, 1.807) is 6.07 Å². The topological polar surface area (TPSA) is 38.3 Å². The zero-order valence-corrected chi connectivity index (χ0v) is 11.1. The van der Waals surface area contributed by atoms with Gasteiger partial charge in [0.15, 0.2) is 0 Å². The number of hydrogen-bond donors (Lipinski definition) is 1. The van der Waals surface area contributed by atoms with E-state index >= 15 is 0 Å². The number of methoxy groups -OCH3 is 1. The number of carbonyl (C=O) groups excluding carboxylic acids is 1. The van der Waals surface area contributed by atoms with Gasteiger partial charge in [0.25, 0.3) is 0 Å². The van der Waals surface area contributed by atoms with Crippen LogP contribution in [-0.2, 0) is 11.3 Å². The van der Waals surface area contributed by atoms with Gasteiger partial charge >= 0.3 is 5.97 Å². The summed E-state index contributed by atoms with van der Waals surface area (Å²) < 4.78 is 18.2. The molecule has 1 saturated heterocycles. The molecule has 3 nitrogen and oxygen atoms in total.